The van der Waals surface area contributed by atoms with Crippen LogP contribution in [0.1, 0.15) is 24.1 Å². The standard InChI is InChI=1S/C17H20N2O3S2/c1-12-3-2-4-13(9-12)17-19-14(10-23-17)5-6-16(20)18-15-7-8-24(21,22)11-15/h2-4,9-10,15H,5-8,11H2,1H3,(H,18,20). The molecule has 128 valence electrons. The molecule has 1 aliphatic rings. The van der Waals surface area contributed by atoms with E-state index >= 15 is 0 Å². The van der Waals surface area contributed by atoms with Gasteiger partial charge in [0.1, 0.15) is 5.01 Å². The van der Waals surface area contributed by atoms with Crippen LogP contribution in [0.2, 0.25) is 0 Å². The highest BCUT2D eigenvalue weighted by Gasteiger charge is 2.28. The van der Waals surface area contributed by atoms with E-state index in [0.29, 0.717) is 19.3 Å². The number of carbonyl (C=O) groups excluding carboxylic acids is 1. The number of sulfone groups is 1. The third-order valence-corrected chi connectivity index (χ3v) is 6.73. The molecule has 3 rings (SSSR count). The summed E-state index contributed by atoms with van der Waals surface area (Å²) >= 11 is 1.57. The Bertz CT molecular complexity index is 843. The topological polar surface area (TPSA) is 76.1 Å². The molecule has 24 heavy (non-hydrogen) atoms. The van der Waals surface area contributed by atoms with E-state index in [4.69, 9.17) is 0 Å². The first kappa shape index (κ1) is 17.1. The average molecular weight is 364 g/mol. The number of carbonyl (C=O) groups is 1. The summed E-state index contributed by atoms with van der Waals surface area (Å²) in [5.41, 5.74) is 3.17. The second kappa shape index (κ2) is 7.03. The number of aryl methyl sites for hydroxylation is 2. The number of aromatic nitrogens is 1. The minimum absolute atomic E-state index is 0.0624. The molecule has 1 saturated heterocycles. The van der Waals surface area contributed by atoms with E-state index in [1.165, 1.54) is 5.56 Å². The first-order valence-electron chi connectivity index (χ1n) is 7.92. The van der Waals surface area contributed by atoms with Crippen LogP contribution < -0.4 is 5.32 Å². The van der Waals surface area contributed by atoms with Gasteiger partial charge < -0.3 is 5.32 Å². The SMILES string of the molecule is Cc1cccc(-c2nc(CCC(=O)NC3CCS(=O)(=O)C3)cs2)c1. The molecular formula is C17H20N2O3S2. The summed E-state index contributed by atoms with van der Waals surface area (Å²) in [6, 6.07) is 7.94. The molecule has 1 fully saturated rings. The molecule has 0 aliphatic carbocycles. The van der Waals surface area contributed by atoms with E-state index in [2.05, 4.69) is 16.4 Å². The van der Waals surface area contributed by atoms with Gasteiger partial charge in [-0.2, -0.15) is 0 Å². The Morgan fingerprint density at radius 2 is 2.25 bits per heavy atom. The molecule has 1 atom stereocenters. The van der Waals surface area contributed by atoms with Gasteiger partial charge in [0, 0.05) is 23.4 Å². The van der Waals surface area contributed by atoms with Crippen LogP contribution in [-0.2, 0) is 21.1 Å². The third-order valence-electron chi connectivity index (χ3n) is 4.02. The number of benzene rings is 1. The number of thiazole rings is 1. The first-order chi connectivity index (χ1) is 11.4. The van der Waals surface area contributed by atoms with Gasteiger partial charge in [0.25, 0.3) is 0 Å². The van der Waals surface area contributed by atoms with Crippen LogP contribution in [0.3, 0.4) is 0 Å². The van der Waals surface area contributed by atoms with Crippen molar-refractivity contribution in [3.05, 3.63) is 40.9 Å². The highest BCUT2D eigenvalue weighted by Crippen LogP contribution is 2.24. The molecule has 1 N–H and O–H groups in total. The molecule has 1 unspecified atom stereocenters. The highest BCUT2D eigenvalue weighted by atomic mass is 32.2. The molecule has 1 amide bonds. The van der Waals surface area contributed by atoms with Gasteiger partial charge in [-0.05, 0) is 25.8 Å². The number of nitrogens with one attached hydrogen (secondary N) is 1. The minimum Gasteiger partial charge on any atom is -0.352 e. The van der Waals surface area contributed by atoms with Crippen LogP contribution in [0.4, 0.5) is 0 Å². The van der Waals surface area contributed by atoms with Crippen molar-refractivity contribution in [2.75, 3.05) is 11.5 Å². The summed E-state index contributed by atoms with van der Waals surface area (Å²) in [6.45, 7) is 2.05. The Kier molecular flexibility index (Phi) is 5.01. The zero-order valence-electron chi connectivity index (χ0n) is 13.5. The zero-order valence-corrected chi connectivity index (χ0v) is 15.1. The number of amides is 1. The Hall–Kier alpha value is -1.73. The van der Waals surface area contributed by atoms with Gasteiger partial charge in [-0.15, -0.1) is 11.3 Å². The Balaban J connectivity index is 1.53. The first-order valence-corrected chi connectivity index (χ1v) is 10.6. The average Bonchev–Trinajstić information content (AvgIpc) is 3.12. The smallest absolute Gasteiger partial charge is 0.220 e. The van der Waals surface area contributed by atoms with Crippen molar-refractivity contribution in [2.24, 2.45) is 0 Å². The number of hydrogen-bond acceptors (Lipinski definition) is 5. The largest absolute Gasteiger partial charge is 0.352 e. The summed E-state index contributed by atoms with van der Waals surface area (Å²) in [4.78, 5) is 16.6. The van der Waals surface area contributed by atoms with Crippen molar-refractivity contribution >= 4 is 27.1 Å². The summed E-state index contributed by atoms with van der Waals surface area (Å²) in [5.74, 6) is 0.124. The highest BCUT2D eigenvalue weighted by molar-refractivity contribution is 7.91. The van der Waals surface area contributed by atoms with Crippen molar-refractivity contribution < 1.29 is 13.2 Å². The maximum atomic E-state index is 12.0. The lowest BCUT2D eigenvalue weighted by atomic mass is 10.1. The van der Waals surface area contributed by atoms with E-state index in [1.54, 1.807) is 11.3 Å². The normalized spacial score (nSPS) is 19.3. The van der Waals surface area contributed by atoms with E-state index in [9.17, 15) is 13.2 Å². The van der Waals surface area contributed by atoms with Gasteiger partial charge in [-0.3, -0.25) is 4.79 Å². The van der Waals surface area contributed by atoms with E-state index < -0.39 is 9.84 Å². The molecule has 0 radical (unpaired) electrons. The fraction of sp³-hybridized carbons (Fsp3) is 0.412. The molecule has 7 heteroatoms. The van der Waals surface area contributed by atoms with Crippen LogP contribution >= 0.6 is 11.3 Å². The fourth-order valence-corrected chi connectivity index (χ4v) is 5.31. The van der Waals surface area contributed by atoms with E-state index in [0.717, 1.165) is 16.3 Å². The summed E-state index contributed by atoms with van der Waals surface area (Å²) in [5, 5.41) is 5.74. The molecule has 0 saturated carbocycles. The second-order valence-electron chi connectivity index (χ2n) is 6.18. The van der Waals surface area contributed by atoms with E-state index in [-0.39, 0.29) is 23.5 Å². The van der Waals surface area contributed by atoms with Gasteiger partial charge in [-0.1, -0.05) is 23.8 Å². The summed E-state index contributed by atoms with van der Waals surface area (Å²) < 4.78 is 22.8. The number of nitrogens with zero attached hydrogens (tertiary/aromatic N) is 1. The van der Waals surface area contributed by atoms with Crippen LogP contribution in [0.25, 0.3) is 10.6 Å². The summed E-state index contributed by atoms with van der Waals surface area (Å²) in [6.07, 6.45) is 1.41. The van der Waals surface area contributed by atoms with Crippen LogP contribution in [0.15, 0.2) is 29.6 Å². The van der Waals surface area contributed by atoms with Crippen molar-refractivity contribution in [1.82, 2.24) is 10.3 Å². The number of hydrogen-bond donors (Lipinski definition) is 1. The Morgan fingerprint density at radius 3 is 2.96 bits per heavy atom. The quantitative estimate of drug-likeness (QED) is 0.884. The molecule has 0 bridgehead atoms. The molecule has 1 aromatic carbocycles. The van der Waals surface area contributed by atoms with Gasteiger partial charge in [0.2, 0.25) is 5.91 Å². The van der Waals surface area contributed by atoms with Crippen LogP contribution in [0.5, 0.6) is 0 Å². The van der Waals surface area contributed by atoms with Crippen molar-refractivity contribution in [3.8, 4) is 10.6 Å². The molecule has 0 spiro atoms. The maximum absolute atomic E-state index is 12.0. The van der Waals surface area contributed by atoms with Crippen LogP contribution in [0, 0.1) is 6.92 Å². The van der Waals surface area contributed by atoms with Gasteiger partial charge in [0.05, 0.1) is 17.2 Å². The minimum atomic E-state index is -2.96. The fourth-order valence-electron chi connectivity index (χ4n) is 2.78. The van der Waals surface area contributed by atoms with Crippen LogP contribution in [-0.4, -0.2) is 36.9 Å². The van der Waals surface area contributed by atoms with E-state index in [1.807, 2.05) is 30.5 Å². The number of rotatable bonds is 5. The van der Waals surface area contributed by atoms with Gasteiger partial charge in [-0.25, -0.2) is 13.4 Å². The monoisotopic (exact) mass is 364 g/mol. The van der Waals surface area contributed by atoms with Gasteiger partial charge >= 0.3 is 0 Å². The maximum Gasteiger partial charge on any atom is 0.220 e. The molecule has 2 heterocycles. The molecular weight excluding hydrogens is 344 g/mol. The summed E-state index contributed by atoms with van der Waals surface area (Å²) in [7, 11) is -2.96. The lowest BCUT2D eigenvalue weighted by Crippen LogP contribution is -2.35. The molecule has 1 aromatic heterocycles. The molecule has 1 aliphatic heterocycles. The lowest BCUT2D eigenvalue weighted by Gasteiger charge is -2.10. The Labute approximate surface area is 146 Å². The van der Waals surface area contributed by atoms with Crippen molar-refractivity contribution in [2.45, 2.75) is 32.2 Å². The van der Waals surface area contributed by atoms with Gasteiger partial charge in [0.15, 0.2) is 9.84 Å². The predicted octanol–water partition coefficient (Wildman–Crippen LogP) is 2.35. The lowest BCUT2D eigenvalue weighted by molar-refractivity contribution is -0.121. The van der Waals surface area contributed by atoms with Crippen molar-refractivity contribution in [1.29, 1.82) is 0 Å². The van der Waals surface area contributed by atoms with Crippen molar-refractivity contribution in [3.63, 3.8) is 0 Å². The third kappa shape index (κ3) is 4.42. The molecule has 5 nitrogen and oxygen atoms in total. The predicted molar refractivity (Wildman–Crippen MR) is 95.8 cm³/mol. The Morgan fingerprint density at radius 1 is 1.42 bits per heavy atom. The second-order valence-corrected chi connectivity index (χ2v) is 9.27. The molecule has 2 aromatic rings. The zero-order chi connectivity index (χ0) is 17.2.